The van der Waals surface area contributed by atoms with E-state index in [-0.39, 0.29) is 5.84 Å². The molecule has 110 valence electrons. The largest absolute Gasteiger partial charge is 0.494 e. The van der Waals surface area contributed by atoms with Gasteiger partial charge in [-0.05, 0) is 36.8 Å². The normalized spacial score (nSPS) is 11.2. The summed E-state index contributed by atoms with van der Waals surface area (Å²) < 4.78 is 11.1. The van der Waals surface area contributed by atoms with Gasteiger partial charge in [-0.25, -0.2) is 0 Å². The van der Waals surface area contributed by atoms with E-state index in [0.29, 0.717) is 18.8 Å². The quantitative estimate of drug-likeness (QED) is 0.370. The fraction of sp³-hybridized carbons (Fsp3) is 0.188. The summed E-state index contributed by atoms with van der Waals surface area (Å²) in [6, 6.07) is 14.8. The Morgan fingerprint density at radius 3 is 2.10 bits per heavy atom. The predicted octanol–water partition coefficient (Wildman–Crippen LogP) is 2.76. The summed E-state index contributed by atoms with van der Waals surface area (Å²) in [5.74, 6) is 1.70. The highest BCUT2D eigenvalue weighted by atomic mass is 16.5. The lowest BCUT2D eigenvalue weighted by Gasteiger charge is -2.08. The van der Waals surface area contributed by atoms with Crippen molar-refractivity contribution in [2.45, 2.75) is 13.5 Å². The van der Waals surface area contributed by atoms with Crippen LogP contribution < -0.4 is 15.2 Å². The van der Waals surface area contributed by atoms with Crippen LogP contribution in [-0.4, -0.2) is 17.6 Å². The maximum Gasteiger partial charge on any atom is 0.170 e. The minimum Gasteiger partial charge on any atom is -0.494 e. The molecule has 0 heterocycles. The number of hydrogen-bond acceptors (Lipinski definition) is 4. The summed E-state index contributed by atoms with van der Waals surface area (Å²) in [6.45, 7) is 3.04. The summed E-state index contributed by atoms with van der Waals surface area (Å²) >= 11 is 0. The van der Waals surface area contributed by atoms with Gasteiger partial charge in [0, 0.05) is 5.56 Å². The second-order valence-corrected chi connectivity index (χ2v) is 4.38. The van der Waals surface area contributed by atoms with Crippen molar-refractivity contribution in [3.05, 3.63) is 59.7 Å². The molecule has 5 heteroatoms. The van der Waals surface area contributed by atoms with Crippen LogP contribution in [0.4, 0.5) is 0 Å². The van der Waals surface area contributed by atoms with Gasteiger partial charge in [0.05, 0.1) is 6.61 Å². The Kier molecular flexibility index (Phi) is 5.04. The molecule has 0 fully saturated rings. The highest BCUT2D eigenvalue weighted by Crippen LogP contribution is 2.18. The highest BCUT2D eigenvalue weighted by molar-refractivity contribution is 5.96. The van der Waals surface area contributed by atoms with Gasteiger partial charge in [-0.2, -0.15) is 0 Å². The maximum absolute atomic E-state index is 8.60. The van der Waals surface area contributed by atoms with Crippen LogP contribution in [0.1, 0.15) is 18.1 Å². The zero-order chi connectivity index (χ0) is 15.1. The fourth-order valence-electron chi connectivity index (χ4n) is 1.79. The second kappa shape index (κ2) is 7.19. The van der Waals surface area contributed by atoms with E-state index in [1.165, 1.54) is 0 Å². The van der Waals surface area contributed by atoms with E-state index >= 15 is 0 Å². The molecule has 0 saturated heterocycles. The average Bonchev–Trinajstić information content (AvgIpc) is 2.54. The molecule has 0 spiro atoms. The summed E-state index contributed by atoms with van der Waals surface area (Å²) in [7, 11) is 0. The summed E-state index contributed by atoms with van der Waals surface area (Å²) in [4.78, 5) is 0. The Morgan fingerprint density at radius 2 is 1.57 bits per heavy atom. The van der Waals surface area contributed by atoms with Gasteiger partial charge in [0.1, 0.15) is 18.1 Å². The Morgan fingerprint density at radius 1 is 1.00 bits per heavy atom. The topological polar surface area (TPSA) is 77.1 Å². The molecule has 0 bridgehead atoms. The zero-order valence-corrected chi connectivity index (χ0v) is 11.8. The van der Waals surface area contributed by atoms with Gasteiger partial charge in [0.25, 0.3) is 0 Å². The monoisotopic (exact) mass is 286 g/mol. The molecule has 2 aromatic carbocycles. The molecule has 0 amide bonds. The van der Waals surface area contributed by atoms with Crippen LogP contribution in [0.5, 0.6) is 11.5 Å². The predicted molar refractivity (Wildman–Crippen MR) is 80.9 cm³/mol. The molecule has 0 radical (unpaired) electrons. The van der Waals surface area contributed by atoms with E-state index in [4.69, 9.17) is 20.4 Å². The number of hydrogen-bond donors (Lipinski definition) is 2. The maximum atomic E-state index is 8.60. The van der Waals surface area contributed by atoms with Crippen LogP contribution in [0.3, 0.4) is 0 Å². The first-order valence-electron chi connectivity index (χ1n) is 6.65. The standard InChI is InChI=1S/C16H18N2O3/c1-2-20-14-7-9-15(10-8-14)21-11-12-3-5-13(6-4-12)16(17)18-19/h3-10,19H,2,11H2,1H3,(H2,17,18). The molecule has 0 atom stereocenters. The number of ether oxygens (including phenoxy) is 2. The third-order valence-corrected chi connectivity index (χ3v) is 2.90. The van der Waals surface area contributed by atoms with Gasteiger partial charge in [-0.3, -0.25) is 0 Å². The van der Waals surface area contributed by atoms with E-state index in [1.807, 2.05) is 43.3 Å². The summed E-state index contributed by atoms with van der Waals surface area (Å²) in [5.41, 5.74) is 7.17. The van der Waals surface area contributed by atoms with Crippen molar-refractivity contribution in [2.75, 3.05) is 6.61 Å². The first-order valence-corrected chi connectivity index (χ1v) is 6.65. The van der Waals surface area contributed by atoms with Crippen LogP contribution in [-0.2, 0) is 6.61 Å². The Labute approximate surface area is 123 Å². The molecule has 0 saturated carbocycles. The van der Waals surface area contributed by atoms with E-state index in [1.54, 1.807) is 12.1 Å². The first-order chi connectivity index (χ1) is 10.2. The number of oxime groups is 1. The van der Waals surface area contributed by atoms with E-state index in [9.17, 15) is 0 Å². The molecule has 0 aliphatic carbocycles. The van der Waals surface area contributed by atoms with Crippen molar-refractivity contribution in [3.63, 3.8) is 0 Å². The fourth-order valence-corrected chi connectivity index (χ4v) is 1.79. The van der Waals surface area contributed by atoms with Crippen LogP contribution in [0.2, 0.25) is 0 Å². The number of nitrogens with two attached hydrogens (primary N) is 1. The zero-order valence-electron chi connectivity index (χ0n) is 11.8. The minimum absolute atomic E-state index is 0.0916. The molecule has 0 aliphatic heterocycles. The third kappa shape index (κ3) is 4.14. The van der Waals surface area contributed by atoms with Crippen molar-refractivity contribution in [1.29, 1.82) is 0 Å². The van der Waals surface area contributed by atoms with Crippen molar-refractivity contribution in [3.8, 4) is 11.5 Å². The number of benzene rings is 2. The van der Waals surface area contributed by atoms with Gasteiger partial charge in [-0.15, -0.1) is 0 Å². The van der Waals surface area contributed by atoms with Crippen LogP contribution in [0, 0.1) is 0 Å². The molecular formula is C16H18N2O3. The minimum atomic E-state index is 0.0916. The molecular weight excluding hydrogens is 268 g/mol. The average molecular weight is 286 g/mol. The summed E-state index contributed by atoms with van der Waals surface area (Å²) in [6.07, 6.45) is 0. The van der Waals surface area contributed by atoms with Gasteiger partial charge in [0.2, 0.25) is 0 Å². The molecule has 3 N–H and O–H groups in total. The van der Waals surface area contributed by atoms with E-state index in [0.717, 1.165) is 17.1 Å². The molecule has 0 unspecified atom stereocenters. The lowest BCUT2D eigenvalue weighted by Crippen LogP contribution is -2.12. The smallest absolute Gasteiger partial charge is 0.170 e. The number of amidine groups is 1. The van der Waals surface area contributed by atoms with Crippen LogP contribution in [0.15, 0.2) is 53.7 Å². The molecule has 21 heavy (non-hydrogen) atoms. The number of nitrogens with zero attached hydrogens (tertiary/aromatic N) is 1. The SMILES string of the molecule is CCOc1ccc(OCc2ccc(/C(N)=N/O)cc2)cc1. The number of rotatable bonds is 6. The molecule has 0 aliphatic rings. The lowest BCUT2D eigenvalue weighted by molar-refractivity contribution is 0.304. The van der Waals surface area contributed by atoms with Crippen molar-refractivity contribution in [1.82, 2.24) is 0 Å². The Hall–Kier alpha value is -2.69. The lowest BCUT2D eigenvalue weighted by atomic mass is 10.1. The Bertz CT molecular complexity index is 592. The third-order valence-electron chi connectivity index (χ3n) is 2.90. The van der Waals surface area contributed by atoms with E-state index < -0.39 is 0 Å². The van der Waals surface area contributed by atoms with Gasteiger partial charge >= 0.3 is 0 Å². The Balaban J connectivity index is 1.93. The van der Waals surface area contributed by atoms with Gasteiger partial charge in [0.15, 0.2) is 5.84 Å². The molecule has 5 nitrogen and oxygen atoms in total. The molecule has 2 aromatic rings. The van der Waals surface area contributed by atoms with E-state index in [2.05, 4.69) is 5.16 Å². The summed E-state index contributed by atoms with van der Waals surface area (Å²) in [5, 5.41) is 11.6. The molecule has 0 aromatic heterocycles. The van der Waals surface area contributed by atoms with Gasteiger partial charge < -0.3 is 20.4 Å². The van der Waals surface area contributed by atoms with Crippen LogP contribution in [0.25, 0.3) is 0 Å². The second-order valence-electron chi connectivity index (χ2n) is 4.38. The van der Waals surface area contributed by atoms with Crippen LogP contribution >= 0.6 is 0 Å². The molecule has 2 rings (SSSR count). The van der Waals surface area contributed by atoms with Gasteiger partial charge in [-0.1, -0.05) is 29.4 Å². The van der Waals surface area contributed by atoms with Crippen molar-refractivity contribution in [2.24, 2.45) is 10.9 Å². The van der Waals surface area contributed by atoms with Crippen molar-refractivity contribution < 1.29 is 14.7 Å². The highest BCUT2D eigenvalue weighted by Gasteiger charge is 2.01. The first kappa shape index (κ1) is 14.7. The van der Waals surface area contributed by atoms with Crippen molar-refractivity contribution >= 4 is 5.84 Å².